The third kappa shape index (κ3) is 3.29. The Morgan fingerprint density at radius 2 is 2.24 bits per heavy atom. The van der Waals surface area contributed by atoms with Gasteiger partial charge in [-0.1, -0.05) is 0 Å². The lowest BCUT2D eigenvalue weighted by molar-refractivity contribution is -0.384. The number of hydrogen-bond acceptors (Lipinski definition) is 6. The first-order chi connectivity index (χ1) is 9.92. The number of carboxylic acid groups (broad SMARTS) is 1. The number of aromatic carboxylic acids is 1. The minimum atomic E-state index is -1.15. The summed E-state index contributed by atoms with van der Waals surface area (Å²) in [6.07, 6.45) is -0.661. The van der Waals surface area contributed by atoms with Gasteiger partial charge in [0.2, 0.25) is 0 Å². The highest BCUT2D eigenvalue weighted by molar-refractivity contribution is 5.95. The van der Waals surface area contributed by atoms with Crippen molar-refractivity contribution in [3.05, 3.63) is 33.9 Å². The van der Waals surface area contributed by atoms with Gasteiger partial charge in [0.25, 0.3) is 5.69 Å². The number of aliphatic hydroxyl groups is 1. The summed E-state index contributed by atoms with van der Waals surface area (Å²) in [6, 6.07) is 3.64. The van der Waals surface area contributed by atoms with Gasteiger partial charge in [-0.25, -0.2) is 4.79 Å². The molecule has 0 saturated carbocycles. The van der Waals surface area contributed by atoms with Crippen LogP contribution in [-0.2, 0) is 4.74 Å². The van der Waals surface area contributed by atoms with Crippen LogP contribution in [0.5, 0.6) is 0 Å². The summed E-state index contributed by atoms with van der Waals surface area (Å²) in [5, 5.41) is 29.3. The van der Waals surface area contributed by atoms with Crippen LogP contribution in [0.4, 0.5) is 11.4 Å². The van der Waals surface area contributed by atoms with Crippen molar-refractivity contribution in [2.75, 3.05) is 24.6 Å². The lowest BCUT2D eigenvalue weighted by Gasteiger charge is -2.37. The molecule has 0 spiro atoms. The van der Waals surface area contributed by atoms with Crippen molar-refractivity contribution in [2.45, 2.75) is 19.1 Å². The van der Waals surface area contributed by atoms with Crippen LogP contribution in [0, 0.1) is 10.1 Å². The number of nitrogens with zero attached hydrogens (tertiary/aromatic N) is 2. The Kier molecular flexibility index (Phi) is 4.39. The number of anilines is 1. The fourth-order valence-electron chi connectivity index (χ4n) is 2.42. The number of non-ortho nitro benzene ring substituents is 1. The molecule has 2 N–H and O–H groups in total. The monoisotopic (exact) mass is 296 g/mol. The highest BCUT2D eigenvalue weighted by atomic mass is 16.6. The Labute approximate surface area is 120 Å². The van der Waals surface area contributed by atoms with Gasteiger partial charge < -0.3 is 19.8 Å². The zero-order valence-electron chi connectivity index (χ0n) is 11.4. The van der Waals surface area contributed by atoms with Gasteiger partial charge in [0, 0.05) is 25.2 Å². The Bertz CT molecular complexity index is 562. The number of nitro groups is 1. The van der Waals surface area contributed by atoms with Crippen molar-refractivity contribution >= 4 is 17.3 Å². The van der Waals surface area contributed by atoms with Crippen molar-refractivity contribution in [1.82, 2.24) is 0 Å². The molecule has 114 valence electrons. The number of aliphatic hydroxyl groups excluding tert-OH is 1. The predicted molar refractivity (Wildman–Crippen MR) is 73.7 cm³/mol. The number of morpholine rings is 1. The third-order valence-corrected chi connectivity index (χ3v) is 3.29. The Hall–Kier alpha value is -2.19. The Morgan fingerprint density at radius 3 is 2.81 bits per heavy atom. The summed E-state index contributed by atoms with van der Waals surface area (Å²) in [7, 11) is 0. The first-order valence-corrected chi connectivity index (χ1v) is 6.45. The molecule has 2 rings (SSSR count). The van der Waals surface area contributed by atoms with E-state index in [4.69, 9.17) is 4.74 Å². The number of ether oxygens (including phenoxy) is 1. The molecule has 0 amide bonds. The summed E-state index contributed by atoms with van der Waals surface area (Å²) in [5.41, 5.74) is 0.0892. The summed E-state index contributed by atoms with van der Waals surface area (Å²) in [6.45, 7) is 2.28. The minimum absolute atomic E-state index is 0.00797. The zero-order valence-corrected chi connectivity index (χ0v) is 11.4. The van der Waals surface area contributed by atoms with Crippen LogP contribution in [0.3, 0.4) is 0 Å². The van der Waals surface area contributed by atoms with E-state index in [1.165, 1.54) is 18.2 Å². The largest absolute Gasteiger partial charge is 0.478 e. The molecule has 0 radical (unpaired) electrons. The smallest absolute Gasteiger partial charge is 0.337 e. The number of carbonyl (C=O) groups is 1. The minimum Gasteiger partial charge on any atom is -0.478 e. The molecule has 1 heterocycles. The van der Waals surface area contributed by atoms with Gasteiger partial charge in [0.15, 0.2) is 0 Å². The number of hydrogen-bond donors (Lipinski definition) is 2. The van der Waals surface area contributed by atoms with Gasteiger partial charge >= 0.3 is 5.97 Å². The van der Waals surface area contributed by atoms with Gasteiger partial charge in [-0.3, -0.25) is 10.1 Å². The summed E-state index contributed by atoms with van der Waals surface area (Å²) >= 11 is 0. The number of benzene rings is 1. The second-order valence-electron chi connectivity index (χ2n) is 4.92. The molecule has 8 heteroatoms. The van der Waals surface area contributed by atoms with E-state index in [-0.39, 0.29) is 36.2 Å². The highest BCUT2D eigenvalue weighted by Crippen LogP contribution is 2.28. The summed E-state index contributed by atoms with van der Waals surface area (Å²) < 4.78 is 5.49. The van der Waals surface area contributed by atoms with E-state index in [0.717, 1.165) is 0 Å². The van der Waals surface area contributed by atoms with Crippen LogP contribution < -0.4 is 4.90 Å². The topological polar surface area (TPSA) is 113 Å². The molecule has 1 aliphatic rings. The second kappa shape index (κ2) is 6.06. The first kappa shape index (κ1) is 15.2. The van der Waals surface area contributed by atoms with Crippen LogP contribution in [0.25, 0.3) is 0 Å². The molecule has 2 atom stereocenters. The molecule has 2 unspecified atom stereocenters. The van der Waals surface area contributed by atoms with Crippen LogP contribution >= 0.6 is 0 Å². The number of rotatable bonds is 4. The molecule has 21 heavy (non-hydrogen) atoms. The average Bonchev–Trinajstić information content (AvgIpc) is 2.45. The van der Waals surface area contributed by atoms with Gasteiger partial charge in [0.1, 0.15) is 0 Å². The molecule has 0 aliphatic carbocycles. The molecular weight excluding hydrogens is 280 g/mol. The van der Waals surface area contributed by atoms with E-state index in [1.807, 2.05) is 0 Å². The zero-order chi connectivity index (χ0) is 15.6. The van der Waals surface area contributed by atoms with E-state index in [9.17, 15) is 25.1 Å². The number of carboxylic acids is 1. The van der Waals surface area contributed by atoms with Crippen LogP contribution in [0.2, 0.25) is 0 Å². The van der Waals surface area contributed by atoms with Crippen LogP contribution in [-0.4, -0.2) is 53.0 Å². The first-order valence-electron chi connectivity index (χ1n) is 6.45. The maximum absolute atomic E-state index is 11.3. The lowest BCUT2D eigenvalue weighted by atomic mass is 10.1. The standard InChI is InChI=1S/C13H16N2O6/c1-8-5-14(6-10(7-16)21-8)12-4-9(15(19)20)2-3-11(12)13(17)18/h2-4,8,10,16H,5-7H2,1H3,(H,17,18). The van der Waals surface area contributed by atoms with E-state index in [1.54, 1.807) is 11.8 Å². The van der Waals surface area contributed by atoms with Gasteiger partial charge in [-0.2, -0.15) is 0 Å². The Morgan fingerprint density at radius 1 is 1.52 bits per heavy atom. The molecule has 8 nitrogen and oxygen atoms in total. The lowest BCUT2D eigenvalue weighted by Crippen LogP contribution is -2.48. The average molecular weight is 296 g/mol. The van der Waals surface area contributed by atoms with Crippen molar-refractivity contribution < 1.29 is 24.7 Å². The van der Waals surface area contributed by atoms with Gasteiger partial charge in [-0.15, -0.1) is 0 Å². The normalized spacial score (nSPS) is 22.1. The molecule has 0 bridgehead atoms. The maximum atomic E-state index is 11.3. The molecule has 1 aromatic carbocycles. The predicted octanol–water partition coefficient (Wildman–Crippen LogP) is 0.879. The summed E-state index contributed by atoms with van der Waals surface area (Å²) in [5.74, 6) is -1.15. The molecule has 0 aromatic heterocycles. The fourth-order valence-corrected chi connectivity index (χ4v) is 2.42. The summed E-state index contributed by atoms with van der Waals surface area (Å²) in [4.78, 5) is 23.3. The van der Waals surface area contributed by atoms with Crippen molar-refractivity contribution in [3.63, 3.8) is 0 Å². The van der Waals surface area contributed by atoms with E-state index >= 15 is 0 Å². The second-order valence-corrected chi connectivity index (χ2v) is 4.92. The van der Waals surface area contributed by atoms with E-state index < -0.39 is 17.0 Å². The quantitative estimate of drug-likeness (QED) is 0.626. The van der Waals surface area contributed by atoms with E-state index in [0.29, 0.717) is 6.54 Å². The van der Waals surface area contributed by atoms with Gasteiger partial charge in [0.05, 0.1) is 35.0 Å². The highest BCUT2D eigenvalue weighted by Gasteiger charge is 2.28. The third-order valence-electron chi connectivity index (χ3n) is 3.29. The molecule has 1 aromatic rings. The fraction of sp³-hybridized carbons (Fsp3) is 0.462. The molecular formula is C13H16N2O6. The maximum Gasteiger partial charge on any atom is 0.337 e. The van der Waals surface area contributed by atoms with Crippen molar-refractivity contribution in [1.29, 1.82) is 0 Å². The Balaban J connectivity index is 2.41. The van der Waals surface area contributed by atoms with Crippen LogP contribution in [0.1, 0.15) is 17.3 Å². The van der Waals surface area contributed by atoms with Gasteiger partial charge in [-0.05, 0) is 13.0 Å². The molecule has 1 aliphatic heterocycles. The van der Waals surface area contributed by atoms with E-state index in [2.05, 4.69) is 0 Å². The SMILES string of the molecule is CC1CN(c2cc([N+](=O)[O-])ccc2C(=O)O)CC(CO)O1. The van der Waals surface area contributed by atoms with Crippen molar-refractivity contribution in [2.24, 2.45) is 0 Å². The molecule has 1 fully saturated rings. The van der Waals surface area contributed by atoms with Crippen LogP contribution in [0.15, 0.2) is 18.2 Å². The molecule has 1 saturated heterocycles. The number of nitro benzene ring substituents is 1. The van der Waals surface area contributed by atoms with Crippen molar-refractivity contribution in [3.8, 4) is 0 Å².